The second kappa shape index (κ2) is 5.69. The van der Waals surface area contributed by atoms with Crippen LogP contribution in [-0.2, 0) is 11.8 Å². The Morgan fingerprint density at radius 2 is 1.93 bits per heavy atom. The molecule has 0 aromatic heterocycles. The van der Waals surface area contributed by atoms with Crippen LogP contribution < -0.4 is 5.30 Å². The third-order valence-corrected chi connectivity index (χ3v) is 7.04. The summed E-state index contributed by atoms with van der Waals surface area (Å²) < 4.78 is 0. The van der Waals surface area contributed by atoms with Gasteiger partial charge in [-0.2, -0.15) is 0 Å². The topological polar surface area (TPSA) is 0 Å². The van der Waals surface area contributed by atoms with Gasteiger partial charge in [-0.3, -0.25) is 0 Å². The predicted molar refractivity (Wildman–Crippen MR) is 77.4 cm³/mol. The molecule has 1 aromatic carbocycles. The third kappa shape index (κ3) is 3.07. The van der Waals surface area contributed by atoms with Gasteiger partial charge in [-0.05, 0) is 23.7 Å². The first kappa shape index (κ1) is 12.8. The van der Waals surface area contributed by atoms with Crippen LogP contribution in [0.5, 0.6) is 0 Å². The molecule has 15 heavy (non-hydrogen) atoms. The van der Waals surface area contributed by atoms with E-state index in [0.717, 1.165) is 6.16 Å². The van der Waals surface area contributed by atoms with Crippen molar-refractivity contribution in [1.29, 1.82) is 0 Å². The van der Waals surface area contributed by atoms with E-state index in [1.807, 2.05) is 11.9 Å². The van der Waals surface area contributed by atoms with Gasteiger partial charge in [-0.25, -0.2) is 0 Å². The molecule has 1 atom stereocenters. The number of hydrogen-bond donors (Lipinski definition) is 0. The van der Waals surface area contributed by atoms with Crippen LogP contribution in [0.2, 0.25) is 0 Å². The van der Waals surface area contributed by atoms with Gasteiger partial charge in [0.05, 0.1) is 0 Å². The summed E-state index contributed by atoms with van der Waals surface area (Å²) >= 11 is 7.40. The lowest BCUT2D eigenvalue weighted by Gasteiger charge is -2.16. The van der Waals surface area contributed by atoms with Crippen LogP contribution in [0.25, 0.3) is 0 Å². The van der Waals surface area contributed by atoms with Gasteiger partial charge in [0.15, 0.2) is 0 Å². The maximum absolute atomic E-state index is 5.66. The molecule has 0 N–H and O–H groups in total. The van der Waals surface area contributed by atoms with E-state index in [1.165, 1.54) is 10.2 Å². The molecule has 0 radical (unpaired) electrons. The summed E-state index contributed by atoms with van der Waals surface area (Å²) in [6.45, 7) is 7.62. The van der Waals surface area contributed by atoms with Crippen LogP contribution in [0.1, 0.15) is 0 Å². The van der Waals surface area contributed by atoms with Crippen molar-refractivity contribution in [1.82, 2.24) is 0 Å². The summed E-state index contributed by atoms with van der Waals surface area (Å²) in [6, 6.07) is 6.87. The van der Waals surface area contributed by atoms with Gasteiger partial charge in [0.25, 0.3) is 0 Å². The Balaban J connectivity index is 3.08. The third-order valence-electron chi connectivity index (χ3n) is 2.20. The van der Waals surface area contributed by atoms with Crippen molar-refractivity contribution < 1.29 is 0 Å². The molecule has 0 aliphatic rings. The summed E-state index contributed by atoms with van der Waals surface area (Å²) in [5.74, 6) is 1.93. The summed E-state index contributed by atoms with van der Waals surface area (Å²) in [6.07, 6.45) is 4.82. The van der Waals surface area contributed by atoms with Gasteiger partial charge in [0.1, 0.15) is 0 Å². The fraction of sp³-hybridized carbons (Fsp3) is 0.167. The average Bonchev–Trinajstić information content (AvgIpc) is 2.29. The lowest BCUT2D eigenvalue weighted by Crippen LogP contribution is -2.03. The van der Waals surface area contributed by atoms with Gasteiger partial charge >= 0.3 is 0 Å². The van der Waals surface area contributed by atoms with Crippen LogP contribution in [0.3, 0.4) is 0 Å². The molecule has 0 heterocycles. The molecule has 0 saturated heterocycles. The highest BCUT2D eigenvalue weighted by molar-refractivity contribution is 8.19. The Hall–Kier alpha value is -0.300. The zero-order chi connectivity index (χ0) is 11.3. The molecule has 1 unspecified atom stereocenters. The monoisotopic (exact) mass is 254 g/mol. The van der Waals surface area contributed by atoms with Crippen LogP contribution >= 0.6 is 17.8 Å². The predicted octanol–water partition coefficient (Wildman–Crippen LogP) is 3.84. The van der Waals surface area contributed by atoms with Gasteiger partial charge in [0, 0.05) is 17.1 Å². The SMILES string of the molecule is C=CCP(=S)(C=C)c1ccc(SC)cc1. The Kier molecular flexibility index (Phi) is 4.85. The van der Waals surface area contributed by atoms with Crippen LogP contribution in [-0.4, -0.2) is 12.4 Å². The molecule has 0 spiro atoms. The quantitative estimate of drug-likeness (QED) is 0.445. The molecule has 80 valence electrons. The highest BCUT2D eigenvalue weighted by atomic mass is 32.4. The summed E-state index contributed by atoms with van der Waals surface area (Å²) in [5, 5.41) is 1.23. The number of thioether (sulfide) groups is 1. The zero-order valence-corrected chi connectivity index (χ0v) is 11.4. The maximum Gasteiger partial charge on any atom is 0.00695 e. The largest absolute Gasteiger partial charge is 0.130 e. The normalized spacial score (nSPS) is 14.2. The van der Waals surface area contributed by atoms with Crippen molar-refractivity contribution >= 4 is 34.9 Å². The molecular weight excluding hydrogens is 239 g/mol. The van der Waals surface area contributed by atoms with Crippen molar-refractivity contribution in [2.75, 3.05) is 12.4 Å². The number of allylic oxidation sites excluding steroid dienone is 1. The van der Waals surface area contributed by atoms with Gasteiger partial charge in [-0.1, -0.05) is 42.4 Å². The lowest BCUT2D eigenvalue weighted by atomic mass is 10.4. The van der Waals surface area contributed by atoms with E-state index in [-0.39, 0.29) is 0 Å². The molecule has 0 bridgehead atoms. The molecular formula is C12H15PS2. The van der Waals surface area contributed by atoms with Crippen LogP contribution in [0, 0.1) is 0 Å². The lowest BCUT2D eigenvalue weighted by molar-refractivity contribution is 1.49. The highest BCUT2D eigenvalue weighted by Crippen LogP contribution is 2.45. The first-order valence-corrected chi connectivity index (χ1v) is 8.92. The summed E-state index contributed by atoms with van der Waals surface area (Å²) in [5.41, 5.74) is 0. The second-order valence-electron chi connectivity index (χ2n) is 3.15. The standard InChI is InChI=1S/C12H15PS2/c1-4-10-13(14,5-2)11-6-8-12(15-3)9-7-11/h4-9H,1-2,10H2,3H3. The number of benzene rings is 1. The van der Waals surface area contributed by atoms with Crippen LogP contribution in [0.15, 0.2) is 54.2 Å². The summed E-state index contributed by atoms with van der Waals surface area (Å²) in [7, 11) is 0. The molecule has 0 nitrogen and oxygen atoms in total. The first-order valence-electron chi connectivity index (χ1n) is 4.64. The molecule has 0 fully saturated rings. The summed E-state index contributed by atoms with van der Waals surface area (Å²) in [4.78, 5) is 1.27. The Morgan fingerprint density at radius 1 is 1.33 bits per heavy atom. The molecule has 1 aromatic rings. The van der Waals surface area contributed by atoms with E-state index >= 15 is 0 Å². The van der Waals surface area contributed by atoms with Gasteiger partial charge in [0.2, 0.25) is 0 Å². The molecule has 0 aliphatic carbocycles. The molecule has 0 aliphatic heterocycles. The molecule has 0 saturated carbocycles. The van der Waals surface area contributed by atoms with Crippen molar-refractivity contribution in [2.45, 2.75) is 4.90 Å². The average molecular weight is 254 g/mol. The fourth-order valence-corrected chi connectivity index (χ4v) is 4.01. The molecule has 3 heteroatoms. The second-order valence-corrected chi connectivity index (χ2v) is 8.82. The van der Waals surface area contributed by atoms with Crippen molar-refractivity contribution in [3.05, 3.63) is 49.3 Å². The van der Waals surface area contributed by atoms with E-state index in [4.69, 9.17) is 11.8 Å². The van der Waals surface area contributed by atoms with Gasteiger partial charge in [-0.15, -0.1) is 18.3 Å². The van der Waals surface area contributed by atoms with Crippen molar-refractivity contribution in [2.24, 2.45) is 0 Å². The Labute approximate surface area is 101 Å². The minimum absolute atomic E-state index is 0.852. The smallest absolute Gasteiger partial charge is 0.00695 e. The van der Waals surface area contributed by atoms with E-state index in [9.17, 15) is 0 Å². The van der Waals surface area contributed by atoms with Crippen molar-refractivity contribution in [3.63, 3.8) is 0 Å². The maximum atomic E-state index is 5.66. The molecule has 0 amide bonds. The highest BCUT2D eigenvalue weighted by Gasteiger charge is 2.13. The zero-order valence-electron chi connectivity index (χ0n) is 8.85. The van der Waals surface area contributed by atoms with E-state index in [0.29, 0.717) is 0 Å². The minimum atomic E-state index is -1.61. The van der Waals surface area contributed by atoms with Crippen molar-refractivity contribution in [3.8, 4) is 0 Å². The number of hydrogen-bond acceptors (Lipinski definition) is 2. The van der Waals surface area contributed by atoms with Crippen LogP contribution in [0.4, 0.5) is 0 Å². The first-order chi connectivity index (χ1) is 7.16. The van der Waals surface area contributed by atoms with E-state index < -0.39 is 6.04 Å². The number of rotatable bonds is 5. The minimum Gasteiger partial charge on any atom is -0.130 e. The van der Waals surface area contributed by atoms with E-state index in [2.05, 4.69) is 43.7 Å². The molecule has 1 rings (SSSR count). The van der Waals surface area contributed by atoms with Gasteiger partial charge < -0.3 is 0 Å². The Morgan fingerprint density at radius 3 is 2.33 bits per heavy atom. The fourth-order valence-electron chi connectivity index (χ4n) is 1.31. The van der Waals surface area contributed by atoms with E-state index in [1.54, 1.807) is 11.8 Å². The Bertz CT molecular complexity index is 393.